The molecule has 1 rings (SSSR count). The molecule has 3 nitrogen and oxygen atoms in total. The van der Waals surface area contributed by atoms with E-state index in [-0.39, 0.29) is 5.91 Å². The highest BCUT2D eigenvalue weighted by molar-refractivity contribution is 5.80. The minimum atomic E-state index is 0.180. The van der Waals surface area contributed by atoms with Crippen molar-refractivity contribution in [3.63, 3.8) is 0 Å². The number of carbonyl (C=O) groups is 2. The summed E-state index contributed by atoms with van der Waals surface area (Å²) >= 11 is 0. The molecule has 13 heavy (non-hydrogen) atoms. The Morgan fingerprint density at radius 2 is 2.00 bits per heavy atom. The van der Waals surface area contributed by atoms with Gasteiger partial charge in [-0.2, -0.15) is 0 Å². The average molecular weight is 183 g/mol. The Bertz CT molecular complexity index is 203. The van der Waals surface area contributed by atoms with E-state index in [9.17, 15) is 9.59 Å². The molecule has 74 valence electrons. The highest BCUT2D eigenvalue weighted by atomic mass is 16.2. The van der Waals surface area contributed by atoms with Crippen molar-refractivity contribution in [3.8, 4) is 0 Å². The first-order valence-corrected chi connectivity index (χ1v) is 4.92. The van der Waals surface area contributed by atoms with Gasteiger partial charge in [-0.1, -0.05) is 6.92 Å². The van der Waals surface area contributed by atoms with Gasteiger partial charge < -0.3 is 4.90 Å². The molecule has 0 aromatic rings. The maximum absolute atomic E-state index is 11.3. The van der Waals surface area contributed by atoms with Crippen LogP contribution in [0.5, 0.6) is 0 Å². The number of nitrogens with zero attached hydrogens (tertiary/aromatic N) is 1. The predicted octanol–water partition coefficient (Wildman–Crippen LogP) is 1.37. The zero-order valence-electron chi connectivity index (χ0n) is 8.38. The number of carbonyl (C=O) groups excluding carboxylic acids is 2. The number of ketones is 1. The Kier molecular flexibility index (Phi) is 3.46. The first-order chi connectivity index (χ1) is 6.15. The monoisotopic (exact) mass is 183 g/mol. The fourth-order valence-corrected chi connectivity index (χ4v) is 1.76. The normalized spacial score (nSPS) is 18.8. The van der Waals surface area contributed by atoms with Crippen molar-refractivity contribution >= 4 is 11.7 Å². The SMILES string of the molecule is CCC(=O)N(C)C1CCC(=O)CC1. The molecule has 0 unspecified atom stereocenters. The van der Waals surface area contributed by atoms with Crippen molar-refractivity contribution in [3.05, 3.63) is 0 Å². The van der Waals surface area contributed by atoms with Crippen LogP contribution in [-0.2, 0) is 9.59 Å². The van der Waals surface area contributed by atoms with Crippen molar-refractivity contribution in [2.75, 3.05) is 7.05 Å². The molecular weight excluding hydrogens is 166 g/mol. The van der Waals surface area contributed by atoms with Crippen LogP contribution in [0.25, 0.3) is 0 Å². The second-order valence-corrected chi connectivity index (χ2v) is 3.63. The van der Waals surface area contributed by atoms with E-state index in [1.807, 2.05) is 14.0 Å². The van der Waals surface area contributed by atoms with Gasteiger partial charge >= 0.3 is 0 Å². The van der Waals surface area contributed by atoms with Gasteiger partial charge in [-0.15, -0.1) is 0 Å². The molecule has 0 heterocycles. The molecule has 1 aliphatic rings. The molecule has 1 fully saturated rings. The van der Waals surface area contributed by atoms with Gasteiger partial charge in [-0.3, -0.25) is 9.59 Å². The van der Waals surface area contributed by atoms with Gasteiger partial charge in [0.1, 0.15) is 5.78 Å². The fraction of sp³-hybridized carbons (Fsp3) is 0.800. The molecule has 0 radical (unpaired) electrons. The summed E-state index contributed by atoms with van der Waals surface area (Å²) in [6, 6.07) is 0.296. The van der Waals surface area contributed by atoms with Gasteiger partial charge in [-0.25, -0.2) is 0 Å². The van der Waals surface area contributed by atoms with E-state index in [0.29, 0.717) is 31.1 Å². The van der Waals surface area contributed by atoms with Crippen LogP contribution in [0.3, 0.4) is 0 Å². The van der Waals surface area contributed by atoms with E-state index >= 15 is 0 Å². The third kappa shape index (κ3) is 2.54. The van der Waals surface area contributed by atoms with Crippen LogP contribution in [0.15, 0.2) is 0 Å². The zero-order chi connectivity index (χ0) is 9.84. The van der Waals surface area contributed by atoms with Crippen molar-refractivity contribution in [1.82, 2.24) is 4.90 Å². The number of amides is 1. The molecule has 0 atom stereocenters. The first kappa shape index (κ1) is 10.2. The Morgan fingerprint density at radius 1 is 1.46 bits per heavy atom. The minimum Gasteiger partial charge on any atom is -0.343 e. The van der Waals surface area contributed by atoms with Crippen LogP contribution in [0.2, 0.25) is 0 Å². The molecule has 0 aliphatic heterocycles. The van der Waals surface area contributed by atoms with Gasteiger partial charge in [0, 0.05) is 32.4 Å². The van der Waals surface area contributed by atoms with Crippen molar-refractivity contribution in [2.45, 2.75) is 45.1 Å². The molecule has 1 saturated carbocycles. The van der Waals surface area contributed by atoms with Gasteiger partial charge in [0.2, 0.25) is 5.91 Å². The third-order valence-electron chi connectivity index (χ3n) is 2.76. The van der Waals surface area contributed by atoms with Crippen LogP contribution < -0.4 is 0 Å². The van der Waals surface area contributed by atoms with E-state index in [1.165, 1.54) is 0 Å². The highest BCUT2D eigenvalue weighted by Crippen LogP contribution is 2.19. The van der Waals surface area contributed by atoms with Gasteiger partial charge in [0.25, 0.3) is 0 Å². The molecule has 0 saturated heterocycles. The second-order valence-electron chi connectivity index (χ2n) is 3.63. The maximum atomic E-state index is 11.3. The van der Waals surface area contributed by atoms with Crippen molar-refractivity contribution in [1.29, 1.82) is 0 Å². The zero-order valence-corrected chi connectivity index (χ0v) is 8.38. The smallest absolute Gasteiger partial charge is 0.222 e. The summed E-state index contributed by atoms with van der Waals surface area (Å²) in [5.41, 5.74) is 0. The predicted molar refractivity (Wildman–Crippen MR) is 50.3 cm³/mol. The topological polar surface area (TPSA) is 37.4 Å². The lowest BCUT2D eigenvalue weighted by atomic mass is 9.93. The summed E-state index contributed by atoms with van der Waals surface area (Å²) in [6.07, 6.45) is 3.54. The summed E-state index contributed by atoms with van der Waals surface area (Å²) in [6.45, 7) is 1.87. The quantitative estimate of drug-likeness (QED) is 0.648. The second kappa shape index (κ2) is 4.40. The average Bonchev–Trinajstić information content (AvgIpc) is 2.17. The molecule has 1 aliphatic carbocycles. The summed E-state index contributed by atoms with van der Waals surface area (Å²) in [7, 11) is 1.84. The number of rotatable bonds is 2. The molecule has 3 heteroatoms. The summed E-state index contributed by atoms with van der Waals surface area (Å²) in [5.74, 6) is 0.521. The van der Waals surface area contributed by atoms with Crippen LogP contribution in [0.4, 0.5) is 0 Å². The summed E-state index contributed by atoms with van der Waals surface area (Å²) in [5, 5.41) is 0. The Balaban J connectivity index is 2.44. The largest absolute Gasteiger partial charge is 0.343 e. The van der Waals surface area contributed by atoms with Gasteiger partial charge in [-0.05, 0) is 12.8 Å². The van der Waals surface area contributed by atoms with Crippen LogP contribution in [0, 0.1) is 0 Å². The maximum Gasteiger partial charge on any atom is 0.222 e. The lowest BCUT2D eigenvalue weighted by Crippen LogP contribution is -2.39. The molecule has 1 amide bonds. The van der Waals surface area contributed by atoms with Gasteiger partial charge in [0.05, 0.1) is 0 Å². The Labute approximate surface area is 79.1 Å². The molecule has 0 aromatic heterocycles. The first-order valence-electron chi connectivity index (χ1n) is 4.92. The van der Waals surface area contributed by atoms with E-state index in [1.54, 1.807) is 4.90 Å². The van der Waals surface area contributed by atoms with Crippen LogP contribution in [-0.4, -0.2) is 29.7 Å². The van der Waals surface area contributed by atoms with Crippen molar-refractivity contribution in [2.24, 2.45) is 0 Å². The van der Waals surface area contributed by atoms with E-state index in [2.05, 4.69) is 0 Å². The van der Waals surface area contributed by atoms with Crippen LogP contribution in [0.1, 0.15) is 39.0 Å². The number of hydrogen-bond donors (Lipinski definition) is 0. The standard InChI is InChI=1S/C10H17NO2/c1-3-10(13)11(2)8-4-6-9(12)7-5-8/h8H,3-7H2,1-2H3. The lowest BCUT2D eigenvalue weighted by molar-refractivity contribution is -0.134. The third-order valence-corrected chi connectivity index (χ3v) is 2.76. The summed E-state index contributed by atoms with van der Waals surface area (Å²) < 4.78 is 0. The van der Waals surface area contributed by atoms with Gasteiger partial charge in [0.15, 0.2) is 0 Å². The molecular formula is C10H17NO2. The molecule has 0 N–H and O–H groups in total. The minimum absolute atomic E-state index is 0.180. The molecule has 0 aromatic carbocycles. The molecule has 0 spiro atoms. The van der Waals surface area contributed by atoms with Crippen molar-refractivity contribution < 1.29 is 9.59 Å². The Morgan fingerprint density at radius 3 is 2.46 bits per heavy atom. The molecule has 0 bridgehead atoms. The fourth-order valence-electron chi connectivity index (χ4n) is 1.76. The number of Topliss-reactive ketones (excluding diaryl/α,β-unsaturated/α-hetero) is 1. The van der Waals surface area contributed by atoms with Crippen LogP contribution >= 0.6 is 0 Å². The Hall–Kier alpha value is -0.860. The van der Waals surface area contributed by atoms with E-state index in [0.717, 1.165) is 12.8 Å². The lowest BCUT2D eigenvalue weighted by Gasteiger charge is -2.30. The highest BCUT2D eigenvalue weighted by Gasteiger charge is 2.23. The number of hydrogen-bond acceptors (Lipinski definition) is 2. The summed E-state index contributed by atoms with van der Waals surface area (Å²) in [4.78, 5) is 24.1. The van der Waals surface area contributed by atoms with E-state index < -0.39 is 0 Å². The van der Waals surface area contributed by atoms with E-state index in [4.69, 9.17) is 0 Å².